The highest BCUT2D eigenvalue weighted by molar-refractivity contribution is 5.42. The van der Waals surface area contributed by atoms with Gasteiger partial charge in [-0.1, -0.05) is 18.2 Å². The van der Waals surface area contributed by atoms with Crippen LogP contribution in [0.15, 0.2) is 47.3 Å². The van der Waals surface area contributed by atoms with Gasteiger partial charge in [0.25, 0.3) is 0 Å². The summed E-state index contributed by atoms with van der Waals surface area (Å²) in [5.74, 6) is 1.49. The minimum atomic E-state index is -0.346. The lowest BCUT2D eigenvalue weighted by Crippen LogP contribution is -2.15. The number of benzene rings is 1. The number of nitrogens with zero attached hydrogens (tertiary/aromatic N) is 3. The molecular formula is C14H15N5O2. The number of aromatic nitrogens is 4. The summed E-state index contributed by atoms with van der Waals surface area (Å²) in [6.45, 7) is 1.32. The van der Waals surface area contributed by atoms with Crippen LogP contribution in [-0.2, 0) is 0 Å². The van der Waals surface area contributed by atoms with Gasteiger partial charge in [-0.05, 0) is 30.7 Å². The molecule has 0 unspecified atom stereocenters. The van der Waals surface area contributed by atoms with E-state index in [4.69, 9.17) is 4.74 Å². The van der Waals surface area contributed by atoms with Crippen molar-refractivity contribution in [1.82, 2.24) is 19.8 Å². The molecular weight excluding hydrogens is 270 g/mol. The van der Waals surface area contributed by atoms with Crippen LogP contribution in [0.3, 0.4) is 0 Å². The molecule has 3 rings (SSSR count). The molecule has 0 saturated carbocycles. The van der Waals surface area contributed by atoms with Crippen molar-refractivity contribution >= 4 is 11.5 Å². The zero-order valence-corrected chi connectivity index (χ0v) is 11.3. The molecule has 2 heterocycles. The first-order valence-electron chi connectivity index (χ1n) is 6.69. The van der Waals surface area contributed by atoms with Gasteiger partial charge in [-0.15, -0.1) is 5.10 Å². The Kier molecular flexibility index (Phi) is 3.81. The summed E-state index contributed by atoms with van der Waals surface area (Å²) in [6, 6.07) is 13.2. The Morgan fingerprint density at radius 1 is 1.19 bits per heavy atom. The molecule has 0 aliphatic heterocycles. The summed E-state index contributed by atoms with van der Waals surface area (Å²) in [5.41, 5.74) is 0.152. The average molecular weight is 285 g/mol. The summed E-state index contributed by atoms with van der Waals surface area (Å²) >= 11 is 0. The first-order valence-corrected chi connectivity index (χ1v) is 6.69. The lowest BCUT2D eigenvalue weighted by Gasteiger charge is -2.07. The zero-order valence-electron chi connectivity index (χ0n) is 11.3. The second kappa shape index (κ2) is 6.08. The number of anilines is 1. The fraction of sp³-hybridized carbons (Fsp3) is 0.214. The van der Waals surface area contributed by atoms with Gasteiger partial charge in [0.15, 0.2) is 5.65 Å². The van der Waals surface area contributed by atoms with Crippen molar-refractivity contribution < 1.29 is 4.74 Å². The number of para-hydroxylation sites is 1. The SMILES string of the molecule is O=c1[nH]nc2ccc(NCCCOc3ccccc3)nn12. The van der Waals surface area contributed by atoms with E-state index in [1.165, 1.54) is 4.52 Å². The van der Waals surface area contributed by atoms with E-state index in [0.29, 0.717) is 24.6 Å². The van der Waals surface area contributed by atoms with Gasteiger partial charge in [0.05, 0.1) is 6.61 Å². The van der Waals surface area contributed by atoms with Crippen molar-refractivity contribution in [2.24, 2.45) is 0 Å². The highest BCUT2D eigenvalue weighted by Crippen LogP contribution is 2.08. The lowest BCUT2D eigenvalue weighted by molar-refractivity contribution is 0.315. The third-order valence-corrected chi connectivity index (χ3v) is 2.91. The molecule has 0 amide bonds. The third kappa shape index (κ3) is 3.19. The Morgan fingerprint density at radius 2 is 2.05 bits per heavy atom. The fourth-order valence-electron chi connectivity index (χ4n) is 1.89. The summed E-state index contributed by atoms with van der Waals surface area (Å²) in [7, 11) is 0. The lowest BCUT2D eigenvalue weighted by atomic mass is 10.3. The fourth-order valence-corrected chi connectivity index (χ4v) is 1.89. The molecule has 0 radical (unpaired) electrons. The number of H-pyrrole nitrogens is 1. The Morgan fingerprint density at radius 3 is 2.90 bits per heavy atom. The molecule has 21 heavy (non-hydrogen) atoms. The molecule has 0 spiro atoms. The number of hydrogen-bond acceptors (Lipinski definition) is 5. The molecule has 7 heteroatoms. The average Bonchev–Trinajstić information content (AvgIpc) is 2.89. The van der Waals surface area contributed by atoms with E-state index in [9.17, 15) is 4.79 Å². The first kappa shape index (κ1) is 13.2. The standard InChI is InChI=1S/C14H15N5O2/c20-14-17-16-13-8-7-12(18-19(13)14)15-9-4-10-21-11-5-2-1-3-6-11/h1-3,5-8H,4,9-10H2,(H,15,18)(H,17,20). The molecule has 0 fully saturated rings. The Hall–Kier alpha value is -2.83. The van der Waals surface area contributed by atoms with Crippen LogP contribution in [0, 0.1) is 0 Å². The minimum absolute atomic E-state index is 0.346. The predicted molar refractivity (Wildman–Crippen MR) is 78.7 cm³/mol. The van der Waals surface area contributed by atoms with Gasteiger partial charge in [-0.25, -0.2) is 9.89 Å². The Balaban J connectivity index is 1.48. The van der Waals surface area contributed by atoms with Crippen molar-refractivity contribution in [2.75, 3.05) is 18.5 Å². The molecule has 0 atom stereocenters. The van der Waals surface area contributed by atoms with Crippen LogP contribution in [0.5, 0.6) is 5.75 Å². The van der Waals surface area contributed by atoms with Crippen molar-refractivity contribution in [3.05, 3.63) is 52.9 Å². The topological polar surface area (TPSA) is 84.3 Å². The summed E-state index contributed by atoms with van der Waals surface area (Å²) in [5, 5.41) is 13.5. The van der Waals surface area contributed by atoms with Gasteiger partial charge < -0.3 is 10.1 Å². The molecule has 3 aromatic rings. The van der Waals surface area contributed by atoms with Crippen LogP contribution in [0.1, 0.15) is 6.42 Å². The predicted octanol–water partition coefficient (Wildman–Crippen LogP) is 1.30. The highest BCUT2D eigenvalue weighted by Gasteiger charge is 2.02. The molecule has 2 aromatic heterocycles. The molecule has 0 aliphatic carbocycles. The van der Waals surface area contributed by atoms with Gasteiger partial charge in [0.1, 0.15) is 11.6 Å². The molecule has 0 aliphatic rings. The van der Waals surface area contributed by atoms with E-state index in [1.807, 2.05) is 30.3 Å². The molecule has 0 saturated heterocycles. The number of fused-ring (bicyclic) bond motifs is 1. The van der Waals surface area contributed by atoms with Crippen molar-refractivity contribution in [1.29, 1.82) is 0 Å². The molecule has 2 N–H and O–H groups in total. The molecule has 0 bridgehead atoms. The highest BCUT2D eigenvalue weighted by atomic mass is 16.5. The smallest absolute Gasteiger partial charge is 0.364 e. The zero-order chi connectivity index (χ0) is 14.5. The summed E-state index contributed by atoms with van der Waals surface area (Å²) < 4.78 is 6.82. The van der Waals surface area contributed by atoms with E-state index in [1.54, 1.807) is 12.1 Å². The van der Waals surface area contributed by atoms with E-state index in [-0.39, 0.29) is 5.69 Å². The minimum Gasteiger partial charge on any atom is -0.494 e. The number of hydrogen-bond donors (Lipinski definition) is 2. The summed E-state index contributed by atoms with van der Waals surface area (Å²) in [6.07, 6.45) is 0.828. The number of nitrogens with one attached hydrogen (secondary N) is 2. The molecule has 108 valence electrons. The van der Waals surface area contributed by atoms with Crippen LogP contribution < -0.4 is 15.7 Å². The van der Waals surface area contributed by atoms with Crippen molar-refractivity contribution in [2.45, 2.75) is 6.42 Å². The number of ether oxygens (including phenoxy) is 1. The normalized spacial score (nSPS) is 10.7. The van der Waals surface area contributed by atoms with Gasteiger partial charge in [0, 0.05) is 6.54 Å². The van der Waals surface area contributed by atoms with Gasteiger partial charge in [-0.3, -0.25) is 0 Å². The quantitative estimate of drug-likeness (QED) is 0.667. The Bertz CT molecular complexity index is 766. The van der Waals surface area contributed by atoms with E-state index in [2.05, 4.69) is 20.6 Å². The largest absolute Gasteiger partial charge is 0.494 e. The van der Waals surface area contributed by atoms with Crippen molar-refractivity contribution in [3.63, 3.8) is 0 Å². The first-order chi connectivity index (χ1) is 10.3. The van der Waals surface area contributed by atoms with Crippen LogP contribution in [0.4, 0.5) is 5.82 Å². The van der Waals surface area contributed by atoms with Crippen LogP contribution >= 0.6 is 0 Å². The van der Waals surface area contributed by atoms with Crippen LogP contribution in [0.25, 0.3) is 5.65 Å². The van der Waals surface area contributed by atoms with Crippen LogP contribution in [-0.4, -0.2) is 33.0 Å². The van der Waals surface area contributed by atoms with Gasteiger partial charge in [0.2, 0.25) is 0 Å². The summed E-state index contributed by atoms with van der Waals surface area (Å²) in [4.78, 5) is 11.4. The second-order valence-electron chi connectivity index (χ2n) is 4.46. The van der Waals surface area contributed by atoms with E-state index in [0.717, 1.165) is 12.2 Å². The Labute approximate surface area is 120 Å². The number of aromatic amines is 1. The maximum atomic E-state index is 11.4. The molecule has 1 aromatic carbocycles. The maximum Gasteiger partial charge on any atom is 0.364 e. The van der Waals surface area contributed by atoms with Crippen LogP contribution in [0.2, 0.25) is 0 Å². The molecule has 7 nitrogen and oxygen atoms in total. The van der Waals surface area contributed by atoms with E-state index >= 15 is 0 Å². The van der Waals surface area contributed by atoms with Crippen molar-refractivity contribution in [3.8, 4) is 5.75 Å². The van der Waals surface area contributed by atoms with Gasteiger partial charge in [-0.2, -0.15) is 9.61 Å². The number of rotatable bonds is 6. The van der Waals surface area contributed by atoms with Gasteiger partial charge >= 0.3 is 5.69 Å². The second-order valence-corrected chi connectivity index (χ2v) is 4.46. The third-order valence-electron chi connectivity index (χ3n) is 2.91. The van der Waals surface area contributed by atoms with E-state index < -0.39 is 0 Å². The maximum absolute atomic E-state index is 11.4. The monoisotopic (exact) mass is 285 g/mol.